The number of carbonyl (C=O) groups is 2. The standard InChI is InChI=1S/C17H26N2O5S/c1-16(2,3)13(19-25(5,23)24)14(20)18-11-17(4,15(21)22)12-9-7-6-8-10-12/h6-10,13,19H,11H2,1-5H3,(H,18,20)(H,21,22). The van der Waals surface area contributed by atoms with Gasteiger partial charge in [-0.2, -0.15) is 0 Å². The summed E-state index contributed by atoms with van der Waals surface area (Å²) in [5.74, 6) is -1.65. The molecular weight excluding hydrogens is 344 g/mol. The van der Waals surface area contributed by atoms with Gasteiger partial charge in [-0.05, 0) is 17.9 Å². The third-order valence-electron chi connectivity index (χ3n) is 3.96. The van der Waals surface area contributed by atoms with E-state index >= 15 is 0 Å². The van der Waals surface area contributed by atoms with Crippen molar-refractivity contribution in [2.24, 2.45) is 5.41 Å². The zero-order valence-electron chi connectivity index (χ0n) is 15.2. The van der Waals surface area contributed by atoms with Crippen LogP contribution in [0, 0.1) is 5.41 Å². The van der Waals surface area contributed by atoms with Gasteiger partial charge in [-0.15, -0.1) is 0 Å². The Hall–Kier alpha value is -1.93. The van der Waals surface area contributed by atoms with Gasteiger partial charge < -0.3 is 10.4 Å². The summed E-state index contributed by atoms with van der Waals surface area (Å²) in [5.41, 5.74) is -1.46. The third-order valence-corrected chi connectivity index (χ3v) is 4.62. The number of nitrogens with one attached hydrogen (secondary N) is 2. The van der Waals surface area contributed by atoms with E-state index in [1.165, 1.54) is 6.92 Å². The lowest BCUT2D eigenvalue weighted by molar-refractivity contribution is -0.143. The molecule has 0 aromatic heterocycles. The molecule has 0 aliphatic rings. The van der Waals surface area contributed by atoms with Crippen molar-refractivity contribution in [2.75, 3.05) is 12.8 Å². The first-order valence-electron chi connectivity index (χ1n) is 7.81. The molecule has 0 aliphatic carbocycles. The molecule has 2 atom stereocenters. The highest BCUT2D eigenvalue weighted by molar-refractivity contribution is 7.88. The van der Waals surface area contributed by atoms with Crippen molar-refractivity contribution in [2.45, 2.75) is 39.2 Å². The molecule has 0 spiro atoms. The lowest BCUT2D eigenvalue weighted by Crippen LogP contribution is -2.55. The lowest BCUT2D eigenvalue weighted by atomic mass is 9.82. The number of carboxylic acids is 1. The van der Waals surface area contributed by atoms with Gasteiger partial charge in [0.25, 0.3) is 0 Å². The Morgan fingerprint density at radius 2 is 1.64 bits per heavy atom. The fourth-order valence-electron chi connectivity index (χ4n) is 2.31. The van der Waals surface area contributed by atoms with E-state index < -0.39 is 38.8 Å². The molecular formula is C17H26N2O5S. The van der Waals surface area contributed by atoms with Crippen LogP contribution in [-0.4, -0.2) is 44.2 Å². The minimum atomic E-state index is -3.60. The number of hydrogen-bond donors (Lipinski definition) is 3. The van der Waals surface area contributed by atoms with E-state index in [1.54, 1.807) is 51.1 Å². The predicted octanol–water partition coefficient (Wildman–Crippen LogP) is 1.11. The second kappa shape index (κ2) is 7.53. The van der Waals surface area contributed by atoms with Crippen LogP contribution >= 0.6 is 0 Å². The number of aliphatic carboxylic acids is 1. The molecule has 3 N–H and O–H groups in total. The molecule has 1 rings (SSSR count). The number of sulfonamides is 1. The van der Waals surface area contributed by atoms with Crippen molar-refractivity contribution in [3.05, 3.63) is 35.9 Å². The second-order valence-corrected chi connectivity index (χ2v) is 9.19. The van der Waals surface area contributed by atoms with E-state index in [1.807, 2.05) is 0 Å². The molecule has 8 heteroatoms. The summed E-state index contributed by atoms with van der Waals surface area (Å²) in [4.78, 5) is 24.3. The van der Waals surface area contributed by atoms with Crippen molar-refractivity contribution in [3.8, 4) is 0 Å². The summed E-state index contributed by atoms with van der Waals surface area (Å²) < 4.78 is 25.4. The highest BCUT2D eigenvalue weighted by Crippen LogP contribution is 2.24. The van der Waals surface area contributed by atoms with Crippen LogP contribution in [-0.2, 0) is 25.0 Å². The van der Waals surface area contributed by atoms with E-state index in [9.17, 15) is 23.1 Å². The van der Waals surface area contributed by atoms with E-state index in [0.717, 1.165) is 6.26 Å². The first-order valence-corrected chi connectivity index (χ1v) is 9.70. The van der Waals surface area contributed by atoms with Gasteiger partial charge in [-0.1, -0.05) is 51.1 Å². The molecule has 0 radical (unpaired) electrons. The lowest BCUT2D eigenvalue weighted by Gasteiger charge is -2.32. The van der Waals surface area contributed by atoms with Crippen LogP contribution in [0.1, 0.15) is 33.3 Å². The minimum absolute atomic E-state index is 0.163. The van der Waals surface area contributed by atoms with Gasteiger partial charge in [0.15, 0.2) is 0 Å². The molecule has 1 aromatic carbocycles. The third kappa shape index (κ3) is 5.82. The summed E-state index contributed by atoms with van der Waals surface area (Å²) in [7, 11) is -3.60. The highest BCUT2D eigenvalue weighted by Gasteiger charge is 2.38. The number of carboxylic acid groups (broad SMARTS) is 1. The Morgan fingerprint density at radius 3 is 2.04 bits per heavy atom. The molecule has 0 saturated heterocycles. The van der Waals surface area contributed by atoms with Gasteiger partial charge in [0.05, 0.1) is 6.26 Å². The van der Waals surface area contributed by atoms with Gasteiger partial charge in [-0.3, -0.25) is 9.59 Å². The molecule has 0 aliphatic heterocycles. The van der Waals surface area contributed by atoms with E-state index in [-0.39, 0.29) is 6.54 Å². The molecule has 140 valence electrons. The monoisotopic (exact) mass is 370 g/mol. The molecule has 7 nitrogen and oxygen atoms in total. The smallest absolute Gasteiger partial charge is 0.315 e. The summed E-state index contributed by atoms with van der Waals surface area (Å²) in [6.07, 6.45) is 0.977. The average Bonchev–Trinajstić information content (AvgIpc) is 2.48. The molecule has 1 amide bonds. The SMILES string of the molecule is CC(CNC(=O)C(NS(C)(=O)=O)C(C)(C)C)(C(=O)O)c1ccccc1. The van der Waals surface area contributed by atoms with Crippen LogP contribution in [0.3, 0.4) is 0 Å². The van der Waals surface area contributed by atoms with Crippen LogP contribution < -0.4 is 10.0 Å². The van der Waals surface area contributed by atoms with Crippen LogP contribution in [0.15, 0.2) is 30.3 Å². The van der Waals surface area contributed by atoms with Gasteiger partial charge in [0.2, 0.25) is 15.9 Å². The predicted molar refractivity (Wildman–Crippen MR) is 95.7 cm³/mol. The summed E-state index contributed by atoms with van der Waals surface area (Å²) in [6, 6.07) is 7.56. The molecule has 2 unspecified atom stereocenters. The molecule has 0 heterocycles. The van der Waals surface area contributed by atoms with Crippen LogP contribution in [0.4, 0.5) is 0 Å². The van der Waals surface area contributed by atoms with Gasteiger partial charge in [-0.25, -0.2) is 13.1 Å². The van der Waals surface area contributed by atoms with E-state index in [4.69, 9.17) is 0 Å². The van der Waals surface area contributed by atoms with Gasteiger partial charge in [0.1, 0.15) is 11.5 Å². The molecule has 0 saturated carbocycles. The van der Waals surface area contributed by atoms with Crippen LogP contribution in [0.2, 0.25) is 0 Å². The summed E-state index contributed by atoms with van der Waals surface area (Å²) in [6.45, 7) is 6.53. The normalized spacial score (nSPS) is 15.9. The van der Waals surface area contributed by atoms with Crippen LogP contribution in [0.25, 0.3) is 0 Å². The molecule has 0 bridgehead atoms. The first-order chi connectivity index (χ1) is 11.3. The highest BCUT2D eigenvalue weighted by atomic mass is 32.2. The van der Waals surface area contributed by atoms with E-state index in [2.05, 4.69) is 10.0 Å². The van der Waals surface area contributed by atoms with Crippen molar-refractivity contribution in [1.29, 1.82) is 0 Å². The van der Waals surface area contributed by atoms with Crippen molar-refractivity contribution >= 4 is 21.9 Å². The van der Waals surface area contributed by atoms with Crippen molar-refractivity contribution < 1.29 is 23.1 Å². The maximum atomic E-state index is 12.5. The van der Waals surface area contributed by atoms with Crippen LogP contribution in [0.5, 0.6) is 0 Å². The topological polar surface area (TPSA) is 113 Å². The number of hydrogen-bond acceptors (Lipinski definition) is 4. The van der Waals surface area contributed by atoms with Gasteiger partial charge in [0, 0.05) is 6.54 Å². The molecule has 0 fully saturated rings. The van der Waals surface area contributed by atoms with Crippen molar-refractivity contribution in [3.63, 3.8) is 0 Å². The minimum Gasteiger partial charge on any atom is -0.481 e. The number of carbonyl (C=O) groups excluding carboxylic acids is 1. The van der Waals surface area contributed by atoms with Crippen molar-refractivity contribution in [1.82, 2.24) is 10.0 Å². The average molecular weight is 370 g/mol. The fraction of sp³-hybridized carbons (Fsp3) is 0.529. The molecule has 1 aromatic rings. The van der Waals surface area contributed by atoms with E-state index in [0.29, 0.717) is 5.56 Å². The molecule has 25 heavy (non-hydrogen) atoms. The maximum absolute atomic E-state index is 12.5. The zero-order chi connectivity index (χ0) is 19.5. The Kier molecular flexibility index (Phi) is 6.36. The first kappa shape index (κ1) is 21.1. The zero-order valence-corrected chi connectivity index (χ0v) is 16.0. The Bertz CT molecular complexity index is 725. The maximum Gasteiger partial charge on any atom is 0.315 e. The summed E-state index contributed by atoms with van der Waals surface area (Å²) >= 11 is 0. The Labute approximate surface area is 148 Å². The van der Waals surface area contributed by atoms with Gasteiger partial charge >= 0.3 is 5.97 Å². The number of rotatable bonds is 7. The Balaban J connectivity index is 3.02. The largest absolute Gasteiger partial charge is 0.481 e. The second-order valence-electron chi connectivity index (χ2n) is 7.41. The quantitative estimate of drug-likeness (QED) is 0.665. The number of benzene rings is 1. The fourth-order valence-corrected chi connectivity index (χ4v) is 3.20. The summed E-state index contributed by atoms with van der Waals surface area (Å²) in [5, 5.41) is 12.2. The Morgan fingerprint density at radius 1 is 1.12 bits per heavy atom. The number of amides is 1.